The molecule has 0 aliphatic carbocycles. The fourth-order valence-corrected chi connectivity index (χ4v) is 4.15. The first-order valence-corrected chi connectivity index (χ1v) is 9.58. The summed E-state index contributed by atoms with van der Waals surface area (Å²) in [7, 11) is 1.66. The number of urea groups is 1. The van der Waals surface area contributed by atoms with E-state index in [0.717, 1.165) is 44.0 Å². The third-order valence-electron chi connectivity index (χ3n) is 5.63. The van der Waals surface area contributed by atoms with E-state index in [1.165, 1.54) is 5.56 Å². The number of carbonyl (C=O) groups excluding carboxylic acids is 1. The first kappa shape index (κ1) is 17.6. The molecule has 3 heterocycles. The van der Waals surface area contributed by atoms with Crippen molar-refractivity contribution < 1.29 is 9.53 Å². The van der Waals surface area contributed by atoms with Gasteiger partial charge in [-0.15, -0.1) is 0 Å². The molecule has 1 aromatic carbocycles. The number of fused-ring (bicyclic) bond motifs is 1. The molecule has 6 nitrogen and oxygen atoms in total. The van der Waals surface area contributed by atoms with Crippen LogP contribution in [0.5, 0.6) is 5.75 Å². The van der Waals surface area contributed by atoms with Gasteiger partial charge in [0.25, 0.3) is 0 Å². The monoisotopic (exact) mass is 366 g/mol. The van der Waals surface area contributed by atoms with Crippen molar-refractivity contribution >= 4 is 11.8 Å². The number of pyridine rings is 1. The van der Waals surface area contributed by atoms with Gasteiger partial charge in [0.15, 0.2) is 0 Å². The lowest BCUT2D eigenvalue weighted by atomic mass is 10.1. The zero-order valence-corrected chi connectivity index (χ0v) is 15.7. The third-order valence-corrected chi connectivity index (χ3v) is 5.63. The minimum Gasteiger partial charge on any atom is -0.497 e. The van der Waals surface area contributed by atoms with E-state index in [0.29, 0.717) is 12.5 Å². The lowest BCUT2D eigenvalue weighted by Crippen LogP contribution is -2.45. The van der Waals surface area contributed by atoms with Crippen molar-refractivity contribution in [2.45, 2.75) is 18.9 Å². The SMILES string of the molecule is COc1ccc(CCNC(=O)N2CCC3CN(c4ccccn4)CC32)cc1. The molecule has 2 atom stereocenters. The maximum Gasteiger partial charge on any atom is 0.317 e. The molecule has 1 N–H and O–H groups in total. The third kappa shape index (κ3) is 3.84. The molecule has 6 heteroatoms. The average molecular weight is 366 g/mol. The smallest absolute Gasteiger partial charge is 0.317 e. The van der Waals surface area contributed by atoms with Crippen LogP contribution in [0, 0.1) is 5.92 Å². The molecular formula is C21H26N4O2. The molecule has 4 rings (SSSR count). The van der Waals surface area contributed by atoms with Gasteiger partial charge < -0.3 is 19.9 Å². The minimum absolute atomic E-state index is 0.0545. The molecule has 0 saturated carbocycles. The summed E-state index contributed by atoms with van der Waals surface area (Å²) in [5, 5.41) is 3.09. The van der Waals surface area contributed by atoms with Crippen molar-refractivity contribution in [2.24, 2.45) is 5.92 Å². The molecule has 2 aliphatic heterocycles. The molecule has 2 saturated heterocycles. The van der Waals surface area contributed by atoms with Crippen LogP contribution in [0.2, 0.25) is 0 Å². The van der Waals surface area contributed by atoms with Crippen LogP contribution in [0.25, 0.3) is 0 Å². The molecule has 142 valence electrons. The van der Waals surface area contributed by atoms with Gasteiger partial charge in [0.1, 0.15) is 11.6 Å². The average Bonchev–Trinajstić information content (AvgIpc) is 3.30. The number of methoxy groups -OCH3 is 1. The van der Waals surface area contributed by atoms with Crippen molar-refractivity contribution in [1.82, 2.24) is 15.2 Å². The first-order chi connectivity index (χ1) is 13.2. The predicted octanol–water partition coefficient (Wildman–Crippen LogP) is 2.55. The minimum atomic E-state index is 0.0545. The number of nitrogens with one attached hydrogen (secondary N) is 1. The number of nitrogens with zero attached hydrogens (tertiary/aromatic N) is 3. The highest BCUT2D eigenvalue weighted by Crippen LogP contribution is 2.33. The molecule has 0 radical (unpaired) electrons. The van der Waals surface area contributed by atoms with Gasteiger partial charge in [0.2, 0.25) is 0 Å². The second-order valence-electron chi connectivity index (χ2n) is 7.23. The quantitative estimate of drug-likeness (QED) is 0.884. The Morgan fingerprint density at radius 3 is 2.81 bits per heavy atom. The fraction of sp³-hybridized carbons (Fsp3) is 0.429. The van der Waals surface area contributed by atoms with Gasteiger partial charge in [-0.1, -0.05) is 18.2 Å². The number of ether oxygens (including phenoxy) is 1. The van der Waals surface area contributed by atoms with Gasteiger partial charge in [0, 0.05) is 38.3 Å². The number of aromatic nitrogens is 1. The lowest BCUT2D eigenvalue weighted by molar-refractivity contribution is 0.193. The topological polar surface area (TPSA) is 57.7 Å². The van der Waals surface area contributed by atoms with Gasteiger partial charge >= 0.3 is 6.03 Å². The van der Waals surface area contributed by atoms with Crippen LogP contribution < -0.4 is 15.0 Å². The molecule has 2 fully saturated rings. The van der Waals surface area contributed by atoms with Crippen LogP contribution in [0.3, 0.4) is 0 Å². The highest BCUT2D eigenvalue weighted by Gasteiger charge is 2.43. The Hall–Kier alpha value is -2.76. The number of amides is 2. The largest absolute Gasteiger partial charge is 0.497 e. The molecule has 2 aromatic rings. The Kier molecular flexibility index (Phi) is 5.14. The number of likely N-dealkylation sites (tertiary alicyclic amines) is 1. The van der Waals surface area contributed by atoms with E-state index in [1.807, 2.05) is 53.6 Å². The Labute approximate surface area is 160 Å². The number of hydrogen-bond acceptors (Lipinski definition) is 4. The van der Waals surface area contributed by atoms with Crippen LogP contribution >= 0.6 is 0 Å². The van der Waals surface area contributed by atoms with E-state index in [4.69, 9.17) is 4.74 Å². The van der Waals surface area contributed by atoms with Crippen LogP contribution in [0.4, 0.5) is 10.6 Å². The summed E-state index contributed by atoms with van der Waals surface area (Å²) in [5.41, 5.74) is 1.19. The molecule has 2 aliphatic rings. The summed E-state index contributed by atoms with van der Waals surface area (Å²) < 4.78 is 5.18. The molecule has 1 aromatic heterocycles. The van der Waals surface area contributed by atoms with Gasteiger partial charge in [-0.25, -0.2) is 9.78 Å². The van der Waals surface area contributed by atoms with Crippen molar-refractivity contribution in [2.75, 3.05) is 38.2 Å². The van der Waals surface area contributed by atoms with Gasteiger partial charge in [-0.3, -0.25) is 0 Å². The first-order valence-electron chi connectivity index (χ1n) is 9.58. The maximum atomic E-state index is 12.7. The fourth-order valence-electron chi connectivity index (χ4n) is 4.15. The number of hydrogen-bond donors (Lipinski definition) is 1. The number of benzene rings is 1. The zero-order chi connectivity index (χ0) is 18.6. The Morgan fingerprint density at radius 1 is 1.22 bits per heavy atom. The molecule has 2 amide bonds. The van der Waals surface area contributed by atoms with E-state index >= 15 is 0 Å². The number of rotatable bonds is 5. The second-order valence-corrected chi connectivity index (χ2v) is 7.23. The van der Waals surface area contributed by atoms with E-state index in [1.54, 1.807) is 7.11 Å². The summed E-state index contributed by atoms with van der Waals surface area (Å²) >= 11 is 0. The van der Waals surface area contributed by atoms with Crippen molar-refractivity contribution in [1.29, 1.82) is 0 Å². The second kappa shape index (κ2) is 7.86. The van der Waals surface area contributed by atoms with Crippen molar-refractivity contribution in [3.05, 3.63) is 54.2 Å². The van der Waals surface area contributed by atoms with Crippen LogP contribution in [0.15, 0.2) is 48.7 Å². The van der Waals surface area contributed by atoms with E-state index in [-0.39, 0.29) is 12.1 Å². The highest BCUT2D eigenvalue weighted by atomic mass is 16.5. The summed E-state index contributed by atoms with van der Waals surface area (Å²) in [4.78, 5) is 21.4. The molecule has 27 heavy (non-hydrogen) atoms. The van der Waals surface area contributed by atoms with E-state index in [9.17, 15) is 4.79 Å². The molecule has 0 bridgehead atoms. The number of anilines is 1. The van der Waals surface area contributed by atoms with Gasteiger partial charge in [-0.05, 0) is 42.7 Å². The molecule has 0 spiro atoms. The van der Waals surface area contributed by atoms with E-state index < -0.39 is 0 Å². The number of carbonyl (C=O) groups is 1. The summed E-state index contributed by atoms with van der Waals surface area (Å²) in [5.74, 6) is 2.40. The van der Waals surface area contributed by atoms with Crippen LogP contribution in [-0.4, -0.2) is 55.2 Å². The zero-order valence-electron chi connectivity index (χ0n) is 15.7. The van der Waals surface area contributed by atoms with Crippen LogP contribution in [-0.2, 0) is 6.42 Å². The Bertz CT molecular complexity index is 766. The Morgan fingerprint density at radius 2 is 2.07 bits per heavy atom. The van der Waals surface area contributed by atoms with Gasteiger partial charge in [-0.2, -0.15) is 0 Å². The van der Waals surface area contributed by atoms with Crippen molar-refractivity contribution in [3.8, 4) is 5.75 Å². The summed E-state index contributed by atoms with van der Waals surface area (Å²) in [6.45, 7) is 3.34. The standard InChI is InChI=1S/C21H26N4O2/c1-27-18-7-5-16(6-8-18)9-12-23-21(26)25-13-10-17-14-24(15-19(17)25)20-4-2-3-11-22-20/h2-8,11,17,19H,9-10,12-15H2,1H3,(H,23,26). The molecule has 2 unspecified atom stereocenters. The van der Waals surface area contributed by atoms with E-state index in [2.05, 4.69) is 15.2 Å². The van der Waals surface area contributed by atoms with Gasteiger partial charge in [0.05, 0.1) is 13.2 Å². The normalized spacial score (nSPS) is 21.2. The predicted molar refractivity (Wildman–Crippen MR) is 105 cm³/mol. The Balaban J connectivity index is 1.29. The molecular weight excluding hydrogens is 340 g/mol. The maximum absolute atomic E-state index is 12.7. The summed E-state index contributed by atoms with van der Waals surface area (Å²) in [6, 6.07) is 14.3. The van der Waals surface area contributed by atoms with Crippen LogP contribution in [0.1, 0.15) is 12.0 Å². The summed E-state index contributed by atoms with van der Waals surface area (Å²) in [6.07, 6.45) is 3.71. The highest BCUT2D eigenvalue weighted by molar-refractivity contribution is 5.75. The lowest BCUT2D eigenvalue weighted by Gasteiger charge is -2.25. The van der Waals surface area contributed by atoms with Crippen molar-refractivity contribution in [3.63, 3.8) is 0 Å².